The quantitative estimate of drug-likeness (QED) is 0.753. The maximum Gasteiger partial charge on any atom is 0.324 e. The molecule has 0 aromatic carbocycles. The number of aliphatic carboxylic acids is 1. The first-order valence-corrected chi connectivity index (χ1v) is 5.87. The third-order valence-corrected chi connectivity index (χ3v) is 3.55. The Balaban J connectivity index is 1.98. The van der Waals surface area contributed by atoms with Crippen LogP contribution in [0.2, 0.25) is 0 Å². The van der Waals surface area contributed by atoms with Crippen molar-refractivity contribution < 1.29 is 19.4 Å². The van der Waals surface area contributed by atoms with Crippen LogP contribution >= 0.6 is 0 Å². The highest BCUT2D eigenvalue weighted by Crippen LogP contribution is 2.40. The lowest BCUT2D eigenvalue weighted by Gasteiger charge is -2.51. The fourth-order valence-electron chi connectivity index (χ4n) is 2.61. The SMILES string of the molecule is CCOC1CC(C(=O)O)(N2CCOCC2)C1. The molecule has 5 nitrogen and oxygen atoms in total. The molecule has 16 heavy (non-hydrogen) atoms. The maximum absolute atomic E-state index is 11.4. The van der Waals surface area contributed by atoms with E-state index < -0.39 is 11.5 Å². The van der Waals surface area contributed by atoms with Crippen LogP contribution in [0.25, 0.3) is 0 Å². The number of rotatable bonds is 4. The van der Waals surface area contributed by atoms with Crippen LogP contribution in [0.4, 0.5) is 0 Å². The van der Waals surface area contributed by atoms with Crippen molar-refractivity contribution in [2.24, 2.45) is 0 Å². The molecular formula is C11H19NO4. The Morgan fingerprint density at radius 2 is 2.12 bits per heavy atom. The monoisotopic (exact) mass is 229 g/mol. The normalized spacial score (nSPS) is 35.7. The number of nitrogens with zero attached hydrogens (tertiary/aromatic N) is 1. The Bertz CT molecular complexity index is 257. The van der Waals surface area contributed by atoms with E-state index in [-0.39, 0.29) is 6.10 Å². The summed E-state index contributed by atoms with van der Waals surface area (Å²) < 4.78 is 10.7. The molecule has 1 heterocycles. The van der Waals surface area contributed by atoms with Crippen molar-refractivity contribution in [1.82, 2.24) is 4.90 Å². The van der Waals surface area contributed by atoms with Crippen LogP contribution in [0.1, 0.15) is 19.8 Å². The van der Waals surface area contributed by atoms with Crippen LogP contribution in [0.3, 0.4) is 0 Å². The van der Waals surface area contributed by atoms with E-state index in [4.69, 9.17) is 9.47 Å². The van der Waals surface area contributed by atoms with E-state index in [1.165, 1.54) is 0 Å². The van der Waals surface area contributed by atoms with Crippen molar-refractivity contribution in [3.05, 3.63) is 0 Å². The second-order valence-corrected chi connectivity index (χ2v) is 4.42. The molecule has 2 fully saturated rings. The van der Waals surface area contributed by atoms with Crippen molar-refractivity contribution in [2.75, 3.05) is 32.9 Å². The summed E-state index contributed by atoms with van der Waals surface area (Å²) in [6.07, 6.45) is 1.33. The van der Waals surface area contributed by atoms with Gasteiger partial charge in [-0.05, 0) is 6.92 Å². The van der Waals surface area contributed by atoms with Crippen LogP contribution in [-0.2, 0) is 14.3 Å². The minimum atomic E-state index is -0.717. The molecule has 5 heteroatoms. The zero-order valence-corrected chi connectivity index (χ0v) is 9.65. The van der Waals surface area contributed by atoms with Crippen molar-refractivity contribution >= 4 is 5.97 Å². The highest BCUT2D eigenvalue weighted by Gasteiger charge is 2.55. The van der Waals surface area contributed by atoms with E-state index >= 15 is 0 Å². The summed E-state index contributed by atoms with van der Waals surface area (Å²) in [5, 5.41) is 9.38. The zero-order chi connectivity index (χ0) is 11.6. The summed E-state index contributed by atoms with van der Waals surface area (Å²) >= 11 is 0. The second-order valence-electron chi connectivity index (χ2n) is 4.42. The van der Waals surface area contributed by atoms with Gasteiger partial charge in [-0.15, -0.1) is 0 Å². The predicted molar refractivity (Wildman–Crippen MR) is 57.4 cm³/mol. The van der Waals surface area contributed by atoms with E-state index in [1.807, 2.05) is 11.8 Å². The number of morpholine rings is 1. The van der Waals surface area contributed by atoms with E-state index in [2.05, 4.69) is 0 Å². The summed E-state index contributed by atoms with van der Waals surface area (Å²) in [5.41, 5.74) is -0.691. The Labute approximate surface area is 95.3 Å². The number of carboxylic acid groups (broad SMARTS) is 1. The molecule has 1 aliphatic heterocycles. The van der Waals surface area contributed by atoms with E-state index in [0.717, 1.165) is 0 Å². The lowest BCUT2D eigenvalue weighted by molar-refractivity contribution is -0.179. The van der Waals surface area contributed by atoms with Gasteiger partial charge >= 0.3 is 5.97 Å². The molecule has 1 N–H and O–H groups in total. The fourth-order valence-corrected chi connectivity index (χ4v) is 2.61. The van der Waals surface area contributed by atoms with E-state index in [9.17, 15) is 9.90 Å². The number of hydrogen-bond donors (Lipinski definition) is 1. The highest BCUT2D eigenvalue weighted by molar-refractivity contribution is 5.80. The van der Waals surface area contributed by atoms with Crippen LogP contribution in [0.5, 0.6) is 0 Å². The van der Waals surface area contributed by atoms with Crippen molar-refractivity contribution in [1.29, 1.82) is 0 Å². The number of hydrogen-bond acceptors (Lipinski definition) is 4. The van der Waals surface area contributed by atoms with Gasteiger partial charge in [0.25, 0.3) is 0 Å². The lowest BCUT2D eigenvalue weighted by atomic mass is 9.72. The van der Waals surface area contributed by atoms with Gasteiger partial charge in [0.1, 0.15) is 5.54 Å². The average molecular weight is 229 g/mol. The largest absolute Gasteiger partial charge is 0.480 e. The molecule has 0 radical (unpaired) electrons. The minimum absolute atomic E-state index is 0.115. The molecular weight excluding hydrogens is 210 g/mol. The van der Waals surface area contributed by atoms with Crippen LogP contribution in [0, 0.1) is 0 Å². The van der Waals surface area contributed by atoms with Crippen LogP contribution < -0.4 is 0 Å². The summed E-state index contributed by atoms with van der Waals surface area (Å²) in [4.78, 5) is 13.5. The zero-order valence-electron chi connectivity index (χ0n) is 9.65. The number of carboxylic acids is 1. The first-order chi connectivity index (χ1) is 7.69. The molecule has 0 spiro atoms. The molecule has 0 aromatic rings. The Morgan fingerprint density at radius 3 is 2.62 bits per heavy atom. The van der Waals surface area contributed by atoms with Crippen molar-refractivity contribution in [2.45, 2.75) is 31.4 Å². The van der Waals surface area contributed by atoms with Gasteiger partial charge in [-0.3, -0.25) is 9.69 Å². The standard InChI is InChI=1S/C11H19NO4/c1-2-16-9-7-11(8-9,10(13)14)12-3-5-15-6-4-12/h9H,2-8H2,1H3,(H,13,14). The second kappa shape index (κ2) is 4.69. The van der Waals surface area contributed by atoms with Gasteiger partial charge in [-0.25, -0.2) is 0 Å². The van der Waals surface area contributed by atoms with Crippen LogP contribution in [0.15, 0.2) is 0 Å². The van der Waals surface area contributed by atoms with Crippen molar-refractivity contribution in [3.8, 4) is 0 Å². The summed E-state index contributed by atoms with van der Waals surface area (Å²) in [5.74, 6) is -0.717. The van der Waals surface area contributed by atoms with Gasteiger partial charge in [-0.1, -0.05) is 0 Å². The van der Waals surface area contributed by atoms with E-state index in [0.29, 0.717) is 45.8 Å². The third-order valence-electron chi connectivity index (χ3n) is 3.55. The highest BCUT2D eigenvalue weighted by atomic mass is 16.5. The topological polar surface area (TPSA) is 59.0 Å². The molecule has 0 unspecified atom stereocenters. The molecule has 2 aliphatic rings. The predicted octanol–water partition coefficient (Wildman–Crippen LogP) is 0.341. The van der Waals surface area contributed by atoms with Gasteiger partial charge in [0, 0.05) is 32.5 Å². The first-order valence-electron chi connectivity index (χ1n) is 5.87. The van der Waals surface area contributed by atoms with E-state index in [1.54, 1.807) is 0 Å². The Kier molecular flexibility index (Phi) is 3.47. The number of carbonyl (C=O) groups is 1. The number of ether oxygens (including phenoxy) is 2. The molecule has 0 amide bonds. The Morgan fingerprint density at radius 1 is 1.50 bits per heavy atom. The van der Waals surface area contributed by atoms with Gasteiger partial charge in [-0.2, -0.15) is 0 Å². The minimum Gasteiger partial charge on any atom is -0.480 e. The smallest absolute Gasteiger partial charge is 0.324 e. The van der Waals surface area contributed by atoms with Gasteiger partial charge < -0.3 is 14.6 Å². The first kappa shape index (κ1) is 11.8. The molecule has 92 valence electrons. The van der Waals surface area contributed by atoms with Gasteiger partial charge in [0.05, 0.1) is 19.3 Å². The van der Waals surface area contributed by atoms with Crippen molar-refractivity contribution in [3.63, 3.8) is 0 Å². The van der Waals surface area contributed by atoms with Gasteiger partial charge in [0.2, 0.25) is 0 Å². The Hall–Kier alpha value is -0.650. The fraction of sp³-hybridized carbons (Fsp3) is 0.909. The summed E-state index contributed by atoms with van der Waals surface area (Å²) in [7, 11) is 0. The summed E-state index contributed by atoms with van der Waals surface area (Å²) in [6.45, 7) is 5.29. The molecule has 1 saturated heterocycles. The molecule has 1 aliphatic carbocycles. The third kappa shape index (κ3) is 1.95. The molecule has 1 saturated carbocycles. The molecule has 0 aromatic heterocycles. The lowest BCUT2D eigenvalue weighted by Crippen LogP contribution is -2.66. The van der Waals surface area contributed by atoms with Gasteiger partial charge in [0.15, 0.2) is 0 Å². The average Bonchev–Trinajstić information content (AvgIpc) is 2.23. The molecule has 0 atom stereocenters. The van der Waals surface area contributed by atoms with Crippen LogP contribution in [-0.4, -0.2) is 60.5 Å². The molecule has 0 bridgehead atoms. The summed E-state index contributed by atoms with van der Waals surface area (Å²) in [6, 6.07) is 0. The maximum atomic E-state index is 11.4. The molecule has 2 rings (SSSR count).